The first-order valence-corrected chi connectivity index (χ1v) is 8.39. The third kappa shape index (κ3) is 5.40. The van der Waals surface area contributed by atoms with E-state index in [1.165, 1.54) is 0 Å². The van der Waals surface area contributed by atoms with Crippen LogP contribution in [0, 0.1) is 0 Å². The van der Waals surface area contributed by atoms with E-state index >= 15 is 0 Å². The van der Waals surface area contributed by atoms with Gasteiger partial charge in [0, 0.05) is 32.7 Å². The van der Waals surface area contributed by atoms with Gasteiger partial charge in [-0.15, -0.1) is 11.6 Å². The van der Waals surface area contributed by atoms with Gasteiger partial charge in [0.1, 0.15) is 0 Å². The molecule has 0 radical (unpaired) electrons. The highest BCUT2D eigenvalue weighted by Crippen LogP contribution is 2.17. The van der Waals surface area contributed by atoms with Crippen molar-refractivity contribution in [2.24, 2.45) is 0 Å². The molecule has 1 heterocycles. The molecule has 0 spiro atoms. The van der Waals surface area contributed by atoms with Gasteiger partial charge in [-0.3, -0.25) is 0 Å². The minimum atomic E-state index is -3.13. The zero-order valence-corrected chi connectivity index (χ0v) is 12.4. The number of methoxy groups -OCH3 is 1. The summed E-state index contributed by atoms with van der Waals surface area (Å²) in [6.07, 6.45) is 2.19. The summed E-state index contributed by atoms with van der Waals surface area (Å²) in [7, 11) is -1.55. The van der Waals surface area contributed by atoms with Gasteiger partial charge in [-0.05, 0) is 19.3 Å². The molecule has 0 bridgehead atoms. The van der Waals surface area contributed by atoms with Gasteiger partial charge in [-0.1, -0.05) is 0 Å². The predicted molar refractivity (Wildman–Crippen MR) is 71.5 cm³/mol. The van der Waals surface area contributed by atoms with Gasteiger partial charge < -0.3 is 9.47 Å². The van der Waals surface area contributed by atoms with E-state index in [1.807, 2.05) is 0 Å². The molecule has 0 aromatic carbocycles. The van der Waals surface area contributed by atoms with Crippen molar-refractivity contribution >= 4 is 21.6 Å². The fourth-order valence-corrected chi connectivity index (χ4v) is 3.60. The maximum atomic E-state index is 12.0. The Balaban J connectivity index is 2.32. The lowest BCUT2D eigenvalue weighted by Gasteiger charge is -2.31. The molecule has 1 aliphatic rings. The molecule has 0 amide bonds. The van der Waals surface area contributed by atoms with Crippen molar-refractivity contribution in [3.8, 4) is 0 Å². The molecular formula is C11H22ClNO4S. The highest BCUT2D eigenvalue weighted by atomic mass is 35.5. The Morgan fingerprint density at radius 3 is 2.50 bits per heavy atom. The van der Waals surface area contributed by atoms with Gasteiger partial charge in [0.2, 0.25) is 10.0 Å². The molecular weight excluding hydrogens is 278 g/mol. The summed E-state index contributed by atoms with van der Waals surface area (Å²) in [5.74, 6) is 0.642. The molecule has 108 valence electrons. The SMILES string of the molecule is COCCCS(=O)(=O)N1CCC(OCCCl)CC1. The van der Waals surface area contributed by atoms with Crippen LogP contribution in [-0.4, -0.2) is 63.9 Å². The van der Waals surface area contributed by atoms with E-state index in [1.54, 1.807) is 11.4 Å². The maximum absolute atomic E-state index is 12.0. The largest absolute Gasteiger partial charge is 0.385 e. The first kappa shape index (κ1) is 16.2. The van der Waals surface area contributed by atoms with Crippen molar-refractivity contribution in [2.75, 3.05) is 45.0 Å². The molecule has 1 rings (SSSR count). The van der Waals surface area contributed by atoms with E-state index in [0.29, 0.717) is 38.6 Å². The molecule has 0 unspecified atom stereocenters. The van der Waals surface area contributed by atoms with Crippen molar-refractivity contribution in [1.29, 1.82) is 0 Å². The van der Waals surface area contributed by atoms with Crippen LogP contribution in [0.25, 0.3) is 0 Å². The Morgan fingerprint density at radius 2 is 1.94 bits per heavy atom. The lowest BCUT2D eigenvalue weighted by Crippen LogP contribution is -2.42. The maximum Gasteiger partial charge on any atom is 0.214 e. The van der Waals surface area contributed by atoms with Gasteiger partial charge in [0.15, 0.2) is 0 Å². The van der Waals surface area contributed by atoms with Crippen LogP contribution in [-0.2, 0) is 19.5 Å². The molecule has 0 saturated carbocycles. The average Bonchev–Trinajstić information content (AvgIpc) is 2.37. The summed E-state index contributed by atoms with van der Waals surface area (Å²) < 4.78 is 35.9. The summed E-state index contributed by atoms with van der Waals surface area (Å²) in [6, 6.07) is 0. The highest BCUT2D eigenvalue weighted by molar-refractivity contribution is 7.89. The van der Waals surface area contributed by atoms with E-state index < -0.39 is 10.0 Å². The Labute approximate surface area is 114 Å². The van der Waals surface area contributed by atoms with Crippen molar-refractivity contribution in [1.82, 2.24) is 4.31 Å². The molecule has 0 aromatic rings. The molecule has 18 heavy (non-hydrogen) atoms. The lowest BCUT2D eigenvalue weighted by atomic mass is 10.1. The number of piperidine rings is 1. The van der Waals surface area contributed by atoms with E-state index in [4.69, 9.17) is 21.1 Å². The molecule has 0 atom stereocenters. The van der Waals surface area contributed by atoms with Crippen molar-refractivity contribution < 1.29 is 17.9 Å². The average molecular weight is 300 g/mol. The summed E-state index contributed by atoms with van der Waals surface area (Å²) in [4.78, 5) is 0. The van der Waals surface area contributed by atoms with E-state index in [0.717, 1.165) is 12.8 Å². The Bertz CT molecular complexity index is 315. The minimum absolute atomic E-state index is 0.147. The zero-order chi connectivity index (χ0) is 13.4. The summed E-state index contributed by atoms with van der Waals surface area (Å²) in [5, 5.41) is 0. The van der Waals surface area contributed by atoms with Gasteiger partial charge >= 0.3 is 0 Å². The second kappa shape index (κ2) is 8.32. The van der Waals surface area contributed by atoms with Crippen LogP contribution >= 0.6 is 11.6 Å². The topological polar surface area (TPSA) is 55.8 Å². The zero-order valence-electron chi connectivity index (χ0n) is 10.8. The van der Waals surface area contributed by atoms with Crippen LogP contribution in [0.2, 0.25) is 0 Å². The fraction of sp³-hybridized carbons (Fsp3) is 1.00. The number of rotatable bonds is 8. The fourth-order valence-electron chi connectivity index (χ4n) is 2.00. The normalized spacial score (nSPS) is 19.2. The summed E-state index contributed by atoms with van der Waals surface area (Å²) >= 11 is 5.55. The third-order valence-electron chi connectivity index (χ3n) is 2.98. The molecule has 1 saturated heterocycles. The van der Waals surface area contributed by atoms with E-state index in [-0.39, 0.29) is 11.9 Å². The molecule has 1 fully saturated rings. The van der Waals surface area contributed by atoms with Crippen molar-refractivity contribution in [3.63, 3.8) is 0 Å². The smallest absolute Gasteiger partial charge is 0.214 e. The third-order valence-corrected chi connectivity index (χ3v) is 5.09. The van der Waals surface area contributed by atoms with Crippen LogP contribution < -0.4 is 0 Å². The molecule has 5 nitrogen and oxygen atoms in total. The Kier molecular flexibility index (Phi) is 7.48. The monoisotopic (exact) mass is 299 g/mol. The molecule has 0 aromatic heterocycles. The van der Waals surface area contributed by atoms with Crippen molar-refractivity contribution in [2.45, 2.75) is 25.4 Å². The number of alkyl halides is 1. The van der Waals surface area contributed by atoms with Gasteiger partial charge in [0.25, 0.3) is 0 Å². The standard InChI is InChI=1S/C11H22ClNO4S/c1-16-8-2-10-18(14,15)13-6-3-11(4-7-13)17-9-5-12/h11H,2-10H2,1H3. The summed E-state index contributed by atoms with van der Waals surface area (Å²) in [6.45, 7) is 2.10. The Morgan fingerprint density at radius 1 is 1.28 bits per heavy atom. The molecule has 0 N–H and O–H groups in total. The van der Waals surface area contributed by atoms with Gasteiger partial charge in [-0.25, -0.2) is 12.7 Å². The number of nitrogens with zero attached hydrogens (tertiary/aromatic N) is 1. The van der Waals surface area contributed by atoms with Crippen LogP contribution in [0.4, 0.5) is 0 Å². The predicted octanol–water partition coefficient (Wildman–Crippen LogP) is 1.07. The van der Waals surface area contributed by atoms with E-state index in [2.05, 4.69) is 0 Å². The van der Waals surface area contributed by atoms with Crippen LogP contribution in [0.3, 0.4) is 0 Å². The number of hydrogen-bond donors (Lipinski definition) is 0. The summed E-state index contributed by atoms with van der Waals surface area (Å²) in [5.41, 5.74) is 0. The molecule has 0 aliphatic carbocycles. The minimum Gasteiger partial charge on any atom is -0.385 e. The van der Waals surface area contributed by atoms with Crippen LogP contribution in [0.15, 0.2) is 0 Å². The first-order chi connectivity index (χ1) is 8.60. The number of sulfonamides is 1. The van der Waals surface area contributed by atoms with Crippen LogP contribution in [0.1, 0.15) is 19.3 Å². The van der Waals surface area contributed by atoms with E-state index in [9.17, 15) is 8.42 Å². The van der Waals surface area contributed by atoms with Crippen LogP contribution in [0.5, 0.6) is 0 Å². The quantitative estimate of drug-likeness (QED) is 0.497. The van der Waals surface area contributed by atoms with Gasteiger partial charge in [-0.2, -0.15) is 0 Å². The lowest BCUT2D eigenvalue weighted by molar-refractivity contribution is 0.0301. The molecule has 7 heteroatoms. The second-order valence-electron chi connectivity index (χ2n) is 4.32. The highest BCUT2D eigenvalue weighted by Gasteiger charge is 2.27. The second-order valence-corrected chi connectivity index (χ2v) is 6.79. The first-order valence-electron chi connectivity index (χ1n) is 6.24. The van der Waals surface area contributed by atoms with Crippen molar-refractivity contribution in [3.05, 3.63) is 0 Å². The Hall–Kier alpha value is 0.120. The number of hydrogen-bond acceptors (Lipinski definition) is 4. The van der Waals surface area contributed by atoms with Gasteiger partial charge in [0.05, 0.1) is 18.5 Å². The number of halogens is 1. The number of ether oxygens (including phenoxy) is 2. The molecule has 1 aliphatic heterocycles.